The van der Waals surface area contributed by atoms with Crippen LogP contribution in [-0.4, -0.2) is 23.8 Å². The van der Waals surface area contributed by atoms with E-state index in [1.807, 2.05) is 37.3 Å². The zero-order valence-electron chi connectivity index (χ0n) is 13.4. The number of nitriles is 1. The molecule has 4 rings (SSSR count). The predicted molar refractivity (Wildman–Crippen MR) is 91.8 cm³/mol. The third-order valence-electron chi connectivity index (χ3n) is 5.37. The van der Waals surface area contributed by atoms with Crippen molar-refractivity contribution in [3.05, 3.63) is 57.3 Å². The topological polar surface area (TPSA) is 80.0 Å². The molecule has 0 bridgehead atoms. The van der Waals surface area contributed by atoms with E-state index in [-0.39, 0.29) is 11.9 Å². The number of fused-ring (bicyclic) bond motifs is 2. The molecule has 2 atom stereocenters. The van der Waals surface area contributed by atoms with Crippen molar-refractivity contribution in [3.63, 3.8) is 0 Å². The molecule has 0 radical (unpaired) electrons. The Morgan fingerprint density at radius 1 is 1.33 bits per heavy atom. The van der Waals surface area contributed by atoms with Gasteiger partial charge in [-0.3, -0.25) is 15.1 Å². The summed E-state index contributed by atoms with van der Waals surface area (Å²) in [6.45, 7) is 1.97. The van der Waals surface area contributed by atoms with Gasteiger partial charge in [0, 0.05) is 11.9 Å². The number of hydrogen-bond donors (Lipinski definition) is 2. The van der Waals surface area contributed by atoms with Crippen LogP contribution in [0.2, 0.25) is 0 Å². The molecule has 2 heterocycles. The van der Waals surface area contributed by atoms with E-state index < -0.39 is 11.0 Å². The molecule has 2 aromatic rings. The summed E-state index contributed by atoms with van der Waals surface area (Å²) in [5, 5.41) is 20.6. The van der Waals surface area contributed by atoms with E-state index in [1.54, 1.807) is 13.1 Å². The number of likely N-dealkylation sites (N-methyl/N-ethyl adjacent to an activating group) is 1. The highest BCUT2D eigenvalue weighted by Gasteiger charge is 2.65. The van der Waals surface area contributed by atoms with Crippen molar-refractivity contribution in [1.82, 2.24) is 10.2 Å². The van der Waals surface area contributed by atoms with Gasteiger partial charge >= 0.3 is 0 Å². The molecule has 1 aromatic heterocycles. The number of nitrogens with zero attached hydrogens (tertiary/aromatic N) is 2. The Labute approximate surface area is 144 Å². The van der Waals surface area contributed by atoms with Gasteiger partial charge in [-0.1, -0.05) is 24.3 Å². The van der Waals surface area contributed by atoms with Gasteiger partial charge in [-0.25, -0.2) is 0 Å². The number of thiophene rings is 1. The molecule has 24 heavy (non-hydrogen) atoms. The summed E-state index contributed by atoms with van der Waals surface area (Å²) in [6.07, 6.45) is 0.628. The van der Waals surface area contributed by atoms with E-state index in [1.165, 1.54) is 16.2 Å². The molecule has 1 spiro atoms. The van der Waals surface area contributed by atoms with E-state index in [0.29, 0.717) is 11.3 Å². The number of benzene rings is 1. The molecule has 1 aromatic carbocycles. The highest BCUT2D eigenvalue weighted by Crippen LogP contribution is 2.56. The zero-order valence-corrected chi connectivity index (χ0v) is 14.2. The molecule has 5 nitrogen and oxygen atoms in total. The van der Waals surface area contributed by atoms with Crippen LogP contribution in [0, 0.1) is 16.7 Å². The summed E-state index contributed by atoms with van der Waals surface area (Å²) in [4.78, 5) is 16.1. The quantitative estimate of drug-likeness (QED) is 0.839. The van der Waals surface area contributed by atoms with Crippen molar-refractivity contribution in [3.8, 4) is 6.07 Å². The van der Waals surface area contributed by atoms with Gasteiger partial charge < -0.3 is 5.32 Å². The van der Waals surface area contributed by atoms with Crippen molar-refractivity contribution in [2.45, 2.75) is 24.3 Å². The second-order valence-corrected chi connectivity index (χ2v) is 7.56. The van der Waals surface area contributed by atoms with Crippen LogP contribution in [0.25, 0.3) is 0 Å². The molecule has 2 N–H and O–H groups in total. The fourth-order valence-electron chi connectivity index (χ4n) is 3.97. The number of carbonyl (C=O) groups is 1. The van der Waals surface area contributed by atoms with E-state index in [9.17, 15) is 4.79 Å². The van der Waals surface area contributed by atoms with Crippen LogP contribution in [0.1, 0.15) is 27.8 Å². The lowest BCUT2D eigenvalue weighted by Crippen LogP contribution is -2.74. The number of amides is 1. The van der Waals surface area contributed by atoms with Crippen LogP contribution >= 0.6 is 11.3 Å². The summed E-state index contributed by atoms with van der Waals surface area (Å²) in [7, 11) is 1.63. The standard InChI is InChI=1S/C18H16N4OS/c1-17(14-8-7-12(10-19)24-14)18(15(23)22(2)16(20)21-17)9-11-5-3-4-6-13(11)18/h3-8H,9H2,1-2H3,(H2,20,21)/t17-,18+/m1/s1. The first kappa shape index (κ1) is 14.9. The Balaban J connectivity index is 1.95. The molecule has 1 aliphatic heterocycles. The second kappa shape index (κ2) is 4.68. The minimum atomic E-state index is -0.750. The third kappa shape index (κ3) is 1.57. The molecule has 2 aliphatic rings. The van der Waals surface area contributed by atoms with Crippen molar-refractivity contribution in [2.75, 3.05) is 7.05 Å². The first-order chi connectivity index (χ1) is 11.4. The van der Waals surface area contributed by atoms with Gasteiger partial charge in [0.15, 0.2) is 5.96 Å². The van der Waals surface area contributed by atoms with E-state index >= 15 is 0 Å². The van der Waals surface area contributed by atoms with Crippen molar-refractivity contribution in [1.29, 1.82) is 10.7 Å². The Morgan fingerprint density at radius 3 is 2.75 bits per heavy atom. The summed E-state index contributed by atoms with van der Waals surface area (Å²) < 4.78 is 0. The van der Waals surface area contributed by atoms with Gasteiger partial charge in [0.25, 0.3) is 0 Å². The lowest BCUT2D eigenvalue weighted by molar-refractivity contribution is -0.139. The third-order valence-corrected chi connectivity index (χ3v) is 6.58. The molecule has 1 aliphatic carbocycles. The Kier molecular flexibility index (Phi) is 2.91. The molecular formula is C18H16N4OS. The van der Waals surface area contributed by atoms with Crippen LogP contribution in [0.3, 0.4) is 0 Å². The average molecular weight is 336 g/mol. The second-order valence-electron chi connectivity index (χ2n) is 6.48. The molecule has 1 fully saturated rings. The lowest BCUT2D eigenvalue weighted by Gasteiger charge is -2.58. The Bertz CT molecular complexity index is 927. The largest absolute Gasteiger partial charge is 0.345 e. The number of guanidine groups is 1. The fourth-order valence-corrected chi connectivity index (χ4v) is 4.95. The minimum absolute atomic E-state index is 0.0700. The summed E-state index contributed by atoms with van der Waals surface area (Å²) >= 11 is 1.38. The number of nitrogens with one attached hydrogen (secondary N) is 2. The number of hydrogen-bond acceptors (Lipinski definition) is 4. The lowest BCUT2D eigenvalue weighted by atomic mass is 9.52. The maximum Gasteiger partial charge on any atom is 0.242 e. The van der Waals surface area contributed by atoms with E-state index in [4.69, 9.17) is 10.7 Å². The fraction of sp³-hybridized carbons (Fsp3) is 0.278. The molecule has 1 amide bonds. The van der Waals surface area contributed by atoms with Gasteiger partial charge in [0.05, 0.1) is 5.54 Å². The van der Waals surface area contributed by atoms with Crippen LogP contribution in [0.4, 0.5) is 0 Å². The zero-order chi connectivity index (χ0) is 17.1. The van der Waals surface area contributed by atoms with Gasteiger partial charge in [0.1, 0.15) is 16.4 Å². The van der Waals surface area contributed by atoms with Crippen molar-refractivity contribution >= 4 is 23.2 Å². The van der Waals surface area contributed by atoms with Crippen LogP contribution in [0.5, 0.6) is 0 Å². The normalized spacial score (nSPS) is 28.1. The molecule has 0 saturated carbocycles. The van der Waals surface area contributed by atoms with Gasteiger partial charge in [-0.15, -0.1) is 11.3 Å². The number of carbonyl (C=O) groups excluding carboxylic acids is 1. The van der Waals surface area contributed by atoms with Crippen molar-refractivity contribution in [2.24, 2.45) is 0 Å². The number of rotatable bonds is 1. The summed E-state index contributed by atoms with van der Waals surface area (Å²) in [6, 6.07) is 13.8. The van der Waals surface area contributed by atoms with Crippen LogP contribution < -0.4 is 5.32 Å². The smallest absolute Gasteiger partial charge is 0.242 e. The monoisotopic (exact) mass is 336 g/mol. The van der Waals surface area contributed by atoms with E-state index in [2.05, 4.69) is 11.4 Å². The van der Waals surface area contributed by atoms with Gasteiger partial charge in [-0.2, -0.15) is 5.26 Å². The maximum atomic E-state index is 13.3. The Morgan fingerprint density at radius 2 is 2.08 bits per heavy atom. The highest BCUT2D eigenvalue weighted by molar-refractivity contribution is 7.12. The Hall–Kier alpha value is -2.65. The molecule has 6 heteroatoms. The highest BCUT2D eigenvalue weighted by atomic mass is 32.1. The maximum absolute atomic E-state index is 13.3. The summed E-state index contributed by atoms with van der Waals surface area (Å²) in [5.74, 6) is 0.0174. The van der Waals surface area contributed by atoms with Crippen LogP contribution in [0.15, 0.2) is 36.4 Å². The van der Waals surface area contributed by atoms with Crippen molar-refractivity contribution < 1.29 is 4.79 Å². The van der Waals surface area contributed by atoms with Gasteiger partial charge in [-0.05, 0) is 36.6 Å². The van der Waals surface area contributed by atoms with Crippen LogP contribution in [-0.2, 0) is 22.2 Å². The molecule has 1 saturated heterocycles. The average Bonchev–Trinajstić information content (AvgIpc) is 3.03. The van der Waals surface area contributed by atoms with Gasteiger partial charge in [0.2, 0.25) is 5.91 Å². The molecule has 120 valence electrons. The summed E-state index contributed by atoms with van der Waals surface area (Å²) in [5.41, 5.74) is 0.677. The SMILES string of the molecule is CN1C(=N)N[C@](C)(c2ccc(C#N)s2)[C@]2(Cc3ccccc32)C1=O. The minimum Gasteiger partial charge on any atom is -0.345 e. The first-order valence-electron chi connectivity index (χ1n) is 7.68. The van der Waals surface area contributed by atoms with E-state index in [0.717, 1.165) is 16.0 Å². The first-order valence-corrected chi connectivity index (χ1v) is 8.49. The molecule has 0 unspecified atom stereocenters. The molecular weight excluding hydrogens is 320 g/mol. The predicted octanol–water partition coefficient (Wildman–Crippen LogP) is 2.33.